The van der Waals surface area contributed by atoms with Crippen LogP contribution in [0.15, 0.2) is 46.9 Å². The first kappa shape index (κ1) is 26.1. The van der Waals surface area contributed by atoms with Gasteiger partial charge < -0.3 is 19.4 Å². The number of anilines is 3. The fourth-order valence-electron chi connectivity index (χ4n) is 4.18. The lowest BCUT2D eigenvalue weighted by molar-refractivity contribution is -0.132. The van der Waals surface area contributed by atoms with E-state index in [0.29, 0.717) is 11.1 Å². The van der Waals surface area contributed by atoms with E-state index in [9.17, 15) is 23.2 Å². The summed E-state index contributed by atoms with van der Waals surface area (Å²) in [6, 6.07) is 10.6. The highest BCUT2D eigenvalue weighted by Crippen LogP contribution is 2.28. The van der Waals surface area contributed by atoms with Gasteiger partial charge in [0.05, 0.1) is 37.6 Å². The number of nitrogens with one attached hydrogen (secondary N) is 2. The Hall–Kier alpha value is -4.53. The number of halogens is 3. The van der Waals surface area contributed by atoms with Crippen molar-refractivity contribution in [3.05, 3.63) is 48.3 Å². The lowest BCUT2D eigenvalue weighted by Crippen LogP contribution is -2.37. The molecule has 3 heterocycles. The zero-order valence-electron chi connectivity index (χ0n) is 20.3. The van der Waals surface area contributed by atoms with Gasteiger partial charge in [0, 0.05) is 13.1 Å². The van der Waals surface area contributed by atoms with Crippen LogP contribution in [-0.2, 0) is 14.4 Å². The Bertz CT molecular complexity index is 1350. The van der Waals surface area contributed by atoms with E-state index in [0.717, 1.165) is 16.0 Å². The van der Waals surface area contributed by atoms with Crippen LogP contribution in [0.4, 0.5) is 40.1 Å². The second-order valence-corrected chi connectivity index (χ2v) is 8.64. The summed E-state index contributed by atoms with van der Waals surface area (Å²) in [5.41, 5.74) is 1.54. The first-order valence-corrected chi connectivity index (χ1v) is 11.9. The van der Waals surface area contributed by atoms with Crippen LogP contribution in [0.25, 0.3) is 11.1 Å². The van der Waals surface area contributed by atoms with Crippen LogP contribution in [0.1, 0.15) is 0 Å². The number of benzene rings is 2. The number of ether oxygens (including phenoxy) is 1. The maximum absolute atomic E-state index is 15.1. The standard InChI is InChI=1S/C24H23F3N6O6/c25-16-11-14(32-13-15(38-24(32)36)12-28-21(34)20(26)27)5-6-18(16)31-7-8-33(37-10-9-31)23(35)30-22-29-17-3-1-2-4-19(17)39-22/h1-6,11,15,20H,7-10,12-13H2,(H,28,34)(H,29,30,35)/t15-/m0/s1. The van der Waals surface area contributed by atoms with Gasteiger partial charge in [-0.15, -0.1) is 0 Å². The number of hydroxylamine groups is 2. The van der Waals surface area contributed by atoms with Crippen LogP contribution < -0.4 is 20.4 Å². The molecule has 4 amide bonds. The topological polar surface area (TPSA) is 129 Å². The smallest absolute Gasteiger partial charge is 0.414 e. The van der Waals surface area contributed by atoms with Crippen molar-refractivity contribution >= 4 is 46.5 Å². The molecule has 3 aromatic rings. The summed E-state index contributed by atoms with van der Waals surface area (Å²) in [4.78, 5) is 48.5. The van der Waals surface area contributed by atoms with Crippen LogP contribution in [-0.4, -0.2) is 79.9 Å². The van der Waals surface area contributed by atoms with Gasteiger partial charge in [-0.05, 0) is 30.3 Å². The highest BCUT2D eigenvalue weighted by atomic mass is 19.3. The van der Waals surface area contributed by atoms with Crippen LogP contribution in [0.2, 0.25) is 0 Å². The number of hydrogen-bond acceptors (Lipinski definition) is 8. The Kier molecular flexibility index (Phi) is 7.40. The normalized spacial score (nSPS) is 17.9. The summed E-state index contributed by atoms with van der Waals surface area (Å²) >= 11 is 0. The summed E-state index contributed by atoms with van der Waals surface area (Å²) in [7, 11) is 0. The van der Waals surface area contributed by atoms with E-state index in [4.69, 9.17) is 14.0 Å². The number of carbonyl (C=O) groups excluding carboxylic acids is 3. The molecule has 12 nitrogen and oxygen atoms in total. The molecule has 2 aliphatic rings. The molecule has 2 saturated heterocycles. The van der Waals surface area contributed by atoms with Crippen molar-refractivity contribution in [3.8, 4) is 0 Å². The van der Waals surface area contributed by atoms with Crippen LogP contribution in [0, 0.1) is 5.82 Å². The number of cyclic esters (lactones) is 1. The predicted octanol–water partition coefficient (Wildman–Crippen LogP) is 2.96. The third-order valence-electron chi connectivity index (χ3n) is 6.08. The monoisotopic (exact) mass is 548 g/mol. The molecule has 2 aromatic carbocycles. The number of amides is 4. The van der Waals surface area contributed by atoms with Gasteiger partial charge in [0.1, 0.15) is 17.4 Å². The molecule has 1 aromatic heterocycles. The number of urea groups is 1. The van der Waals surface area contributed by atoms with E-state index in [1.165, 1.54) is 12.1 Å². The van der Waals surface area contributed by atoms with E-state index < -0.39 is 36.4 Å². The quantitative estimate of drug-likeness (QED) is 0.481. The number of fused-ring (bicyclic) bond motifs is 1. The molecule has 39 heavy (non-hydrogen) atoms. The van der Waals surface area contributed by atoms with Gasteiger partial charge in [-0.1, -0.05) is 12.1 Å². The number of nitrogens with zero attached hydrogens (tertiary/aromatic N) is 4. The average Bonchev–Trinajstić information content (AvgIpc) is 3.40. The van der Waals surface area contributed by atoms with Crippen molar-refractivity contribution in [1.82, 2.24) is 15.4 Å². The summed E-state index contributed by atoms with van der Waals surface area (Å²) < 4.78 is 50.4. The highest BCUT2D eigenvalue weighted by Gasteiger charge is 2.34. The number of oxazole rings is 1. The molecule has 2 aliphatic heterocycles. The van der Waals surface area contributed by atoms with Crippen molar-refractivity contribution in [3.63, 3.8) is 0 Å². The summed E-state index contributed by atoms with van der Waals surface area (Å²) in [5.74, 6) is -2.09. The highest BCUT2D eigenvalue weighted by molar-refractivity contribution is 5.90. The third kappa shape index (κ3) is 5.82. The van der Waals surface area contributed by atoms with Gasteiger partial charge in [-0.25, -0.2) is 19.0 Å². The Morgan fingerprint density at radius 2 is 1.95 bits per heavy atom. The second-order valence-electron chi connectivity index (χ2n) is 8.64. The van der Waals surface area contributed by atoms with E-state index in [-0.39, 0.29) is 56.7 Å². The van der Waals surface area contributed by atoms with E-state index in [2.05, 4.69) is 10.3 Å². The summed E-state index contributed by atoms with van der Waals surface area (Å²) in [5, 5.41) is 5.64. The Morgan fingerprint density at radius 1 is 1.13 bits per heavy atom. The molecule has 1 atom stereocenters. The molecule has 206 valence electrons. The molecule has 5 rings (SSSR count). The van der Waals surface area contributed by atoms with E-state index >= 15 is 4.39 Å². The zero-order valence-corrected chi connectivity index (χ0v) is 20.3. The number of para-hydroxylation sites is 2. The van der Waals surface area contributed by atoms with Crippen molar-refractivity contribution in [2.45, 2.75) is 12.5 Å². The van der Waals surface area contributed by atoms with Crippen LogP contribution in [0.3, 0.4) is 0 Å². The molecule has 0 unspecified atom stereocenters. The Balaban J connectivity index is 1.18. The molecule has 0 saturated carbocycles. The summed E-state index contributed by atoms with van der Waals surface area (Å²) in [6.07, 6.45) is -4.83. The van der Waals surface area contributed by atoms with Crippen molar-refractivity contribution in [1.29, 1.82) is 0 Å². The number of hydrogen-bond donors (Lipinski definition) is 2. The van der Waals surface area contributed by atoms with Gasteiger partial charge in [-0.2, -0.15) is 13.8 Å². The minimum absolute atomic E-state index is 0.0200. The minimum atomic E-state index is -3.18. The molecular weight excluding hydrogens is 525 g/mol. The van der Waals surface area contributed by atoms with E-state index in [1.54, 1.807) is 29.2 Å². The number of alkyl halides is 2. The molecule has 15 heteroatoms. The largest absolute Gasteiger partial charge is 0.442 e. The third-order valence-corrected chi connectivity index (χ3v) is 6.08. The van der Waals surface area contributed by atoms with Crippen molar-refractivity contribution in [2.24, 2.45) is 0 Å². The molecule has 0 radical (unpaired) electrons. The van der Waals surface area contributed by atoms with Crippen LogP contribution >= 0.6 is 0 Å². The number of aromatic nitrogens is 1. The first-order valence-electron chi connectivity index (χ1n) is 11.9. The van der Waals surface area contributed by atoms with Gasteiger partial charge in [0.2, 0.25) is 0 Å². The molecule has 0 bridgehead atoms. The van der Waals surface area contributed by atoms with Gasteiger partial charge in [0.25, 0.3) is 5.91 Å². The second kappa shape index (κ2) is 11.1. The van der Waals surface area contributed by atoms with Gasteiger partial charge >= 0.3 is 24.6 Å². The average molecular weight is 548 g/mol. The van der Waals surface area contributed by atoms with Crippen molar-refractivity contribution < 1.29 is 41.5 Å². The fourth-order valence-corrected chi connectivity index (χ4v) is 4.18. The van der Waals surface area contributed by atoms with Crippen LogP contribution in [0.5, 0.6) is 0 Å². The number of rotatable bonds is 6. The molecule has 2 N–H and O–H groups in total. The lowest BCUT2D eigenvalue weighted by atomic mass is 10.2. The number of carbonyl (C=O) groups is 3. The van der Waals surface area contributed by atoms with Crippen molar-refractivity contribution in [2.75, 3.05) is 54.4 Å². The van der Waals surface area contributed by atoms with Gasteiger partial charge in [0.15, 0.2) is 5.58 Å². The van der Waals surface area contributed by atoms with E-state index in [1.807, 2.05) is 5.32 Å². The Morgan fingerprint density at radius 3 is 2.72 bits per heavy atom. The Labute approximate surface area is 219 Å². The molecular formula is C24H23F3N6O6. The summed E-state index contributed by atoms with van der Waals surface area (Å²) in [6.45, 7) is 0.374. The SMILES string of the molecule is O=C(NC[C@H]1CN(c2ccc(N3CCON(C(=O)Nc4nc5ccccc5o4)CC3)c(F)c2)C(=O)O1)C(F)F. The fraction of sp³-hybridized carbons (Fsp3) is 0.333. The zero-order chi connectivity index (χ0) is 27.5. The lowest BCUT2D eigenvalue weighted by Gasteiger charge is -2.23. The van der Waals surface area contributed by atoms with Gasteiger partial charge in [-0.3, -0.25) is 19.8 Å². The maximum atomic E-state index is 15.1. The first-order chi connectivity index (χ1) is 18.8. The molecule has 0 aliphatic carbocycles. The molecule has 2 fully saturated rings. The minimum Gasteiger partial charge on any atom is -0.442 e. The molecule has 0 spiro atoms. The maximum Gasteiger partial charge on any atom is 0.414 e. The predicted molar refractivity (Wildman–Crippen MR) is 131 cm³/mol.